The molecule has 7 heteroatoms. The molecule has 4 aromatic carbocycles. The van der Waals surface area contributed by atoms with Crippen molar-refractivity contribution in [3.8, 4) is 45.2 Å². The second-order valence-electron chi connectivity index (χ2n) is 9.15. The molecular weight excluding hydrogens is 502 g/mol. The number of pyridine rings is 1. The van der Waals surface area contributed by atoms with E-state index in [1.54, 1.807) is 0 Å². The third-order valence-corrected chi connectivity index (χ3v) is 7.64. The number of benzene rings is 4. The van der Waals surface area contributed by atoms with Gasteiger partial charge in [0.1, 0.15) is 11.3 Å². The standard InChI is InChI=1S/C32H18N5OS/c1-2-10-19(11-3-1)25-26(23-15-8-9-17-33-23)30-29(34-18-39-30)28(32-37-22-14-6-7-16-24(22)38-32)27(25)31-35-20-12-4-5-13-21(20)36-31/h1-17H,(H,35,36). The van der Waals surface area contributed by atoms with Crippen LogP contribution in [0.5, 0.6) is 0 Å². The second-order valence-corrected chi connectivity index (χ2v) is 9.95. The smallest absolute Gasteiger partial charge is 0.230 e. The molecule has 0 aliphatic rings. The fraction of sp³-hybridized carbons (Fsp3) is 0. The summed E-state index contributed by atoms with van der Waals surface area (Å²) < 4.78 is 7.35. The van der Waals surface area contributed by atoms with Crippen LogP contribution in [0.4, 0.5) is 0 Å². The van der Waals surface area contributed by atoms with Crippen molar-refractivity contribution >= 4 is 43.7 Å². The molecule has 8 rings (SSSR count). The SMILES string of the molecule is [c]1nc2c(-c3nc4ccccc4o3)c(-c3nc4ccccc4[nH]3)c(-c3ccccc3)c(-c3ccccn3)c2s1. The van der Waals surface area contributed by atoms with Crippen molar-refractivity contribution in [3.63, 3.8) is 0 Å². The molecule has 0 aliphatic heterocycles. The normalized spacial score (nSPS) is 11.6. The molecule has 1 radical (unpaired) electrons. The number of imidazole rings is 1. The summed E-state index contributed by atoms with van der Waals surface area (Å²) in [6.07, 6.45) is 1.82. The Hall–Kier alpha value is -5.14. The van der Waals surface area contributed by atoms with Crippen LogP contribution in [0.25, 0.3) is 77.6 Å². The van der Waals surface area contributed by atoms with E-state index in [4.69, 9.17) is 24.4 Å². The minimum Gasteiger partial charge on any atom is -0.436 e. The van der Waals surface area contributed by atoms with Crippen LogP contribution in [0.1, 0.15) is 0 Å². The highest BCUT2D eigenvalue weighted by Crippen LogP contribution is 2.50. The lowest BCUT2D eigenvalue weighted by atomic mass is 9.87. The Morgan fingerprint density at radius 1 is 0.692 bits per heavy atom. The zero-order chi connectivity index (χ0) is 25.8. The van der Waals surface area contributed by atoms with Crippen LogP contribution < -0.4 is 0 Å². The van der Waals surface area contributed by atoms with Gasteiger partial charge in [-0.1, -0.05) is 60.7 Å². The highest BCUT2D eigenvalue weighted by atomic mass is 32.1. The molecule has 4 heterocycles. The molecule has 0 atom stereocenters. The maximum Gasteiger partial charge on any atom is 0.230 e. The molecule has 0 aliphatic carbocycles. The van der Waals surface area contributed by atoms with Crippen molar-refractivity contribution in [2.75, 3.05) is 0 Å². The molecule has 1 N–H and O–H groups in total. The summed E-state index contributed by atoms with van der Waals surface area (Å²) in [6.45, 7) is 0. The van der Waals surface area contributed by atoms with Gasteiger partial charge in [0, 0.05) is 22.9 Å². The van der Waals surface area contributed by atoms with Gasteiger partial charge in [0.25, 0.3) is 0 Å². The highest BCUT2D eigenvalue weighted by Gasteiger charge is 2.29. The average molecular weight is 521 g/mol. The molecule has 0 saturated carbocycles. The zero-order valence-electron chi connectivity index (χ0n) is 20.4. The Morgan fingerprint density at radius 3 is 2.31 bits per heavy atom. The number of hydrogen-bond acceptors (Lipinski definition) is 6. The van der Waals surface area contributed by atoms with Crippen molar-refractivity contribution < 1.29 is 4.42 Å². The van der Waals surface area contributed by atoms with Gasteiger partial charge in [-0.2, -0.15) is 0 Å². The summed E-state index contributed by atoms with van der Waals surface area (Å²) in [5.41, 5.74) is 12.7. The number of aromatic nitrogens is 5. The van der Waals surface area contributed by atoms with E-state index < -0.39 is 0 Å². The van der Waals surface area contributed by atoms with Crippen LogP contribution in [0.3, 0.4) is 0 Å². The number of nitrogens with zero attached hydrogens (tertiary/aromatic N) is 4. The molecule has 39 heavy (non-hydrogen) atoms. The van der Waals surface area contributed by atoms with Gasteiger partial charge in [-0.3, -0.25) is 4.98 Å². The van der Waals surface area contributed by atoms with Crippen LogP contribution in [0.15, 0.2) is 108 Å². The van der Waals surface area contributed by atoms with E-state index >= 15 is 0 Å². The maximum atomic E-state index is 6.39. The first-order valence-electron chi connectivity index (χ1n) is 12.5. The molecule has 4 aromatic heterocycles. The lowest BCUT2D eigenvalue weighted by Gasteiger charge is -2.18. The summed E-state index contributed by atoms with van der Waals surface area (Å²) in [5.74, 6) is 1.19. The summed E-state index contributed by atoms with van der Waals surface area (Å²) in [6, 6.07) is 32.1. The van der Waals surface area contributed by atoms with Crippen molar-refractivity contribution in [1.29, 1.82) is 0 Å². The number of thiazole rings is 1. The number of rotatable bonds is 4. The lowest BCUT2D eigenvalue weighted by molar-refractivity contribution is 0.620. The number of H-pyrrole nitrogens is 1. The third-order valence-electron chi connectivity index (χ3n) is 6.85. The Kier molecular flexibility index (Phi) is 4.89. The molecule has 6 nitrogen and oxygen atoms in total. The van der Waals surface area contributed by atoms with E-state index in [0.29, 0.717) is 17.3 Å². The van der Waals surface area contributed by atoms with Crippen LogP contribution >= 0.6 is 11.3 Å². The Morgan fingerprint density at radius 2 is 1.49 bits per heavy atom. The Bertz CT molecular complexity index is 2060. The molecule has 0 saturated heterocycles. The molecular formula is C32H18N5OS. The van der Waals surface area contributed by atoms with E-state index in [1.807, 2.05) is 91.1 Å². The van der Waals surface area contributed by atoms with Gasteiger partial charge in [-0.05, 0) is 42.0 Å². The largest absolute Gasteiger partial charge is 0.436 e. The van der Waals surface area contributed by atoms with Gasteiger partial charge in [0.15, 0.2) is 11.1 Å². The molecule has 0 bridgehead atoms. The predicted octanol–water partition coefficient (Wildman–Crippen LogP) is 8.18. The van der Waals surface area contributed by atoms with Gasteiger partial charge < -0.3 is 9.40 Å². The average Bonchev–Trinajstić information content (AvgIpc) is 3.74. The van der Waals surface area contributed by atoms with E-state index in [2.05, 4.69) is 22.6 Å². The highest BCUT2D eigenvalue weighted by molar-refractivity contribution is 7.17. The van der Waals surface area contributed by atoms with Gasteiger partial charge in [0.05, 0.1) is 32.5 Å². The minimum atomic E-state index is 0.487. The van der Waals surface area contributed by atoms with Gasteiger partial charge in [-0.25, -0.2) is 15.0 Å². The molecule has 0 amide bonds. The van der Waals surface area contributed by atoms with E-state index in [9.17, 15) is 0 Å². The zero-order valence-corrected chi connectivity index (χ0v) is 21.2. The first-order chi connectivity index (χ1) is 19.3. The van der Waals surface area contributed by atoms with Gasteiger partial charge >= 0.3 is 0 Å². The van der Waals surface area contributed by atoms with E-state index in [1.165, 1.54) is 11.3 Å². The number of oxazole rings is 1. The molecule has 0 fully saturated rings. The number of hydrogen-bond donors (Lipinski definition) is 1. The lowest BCUT2D eigenvalue weighted by Crippen LogP contribution is -1.98. The Balaban J connectivity index is 1.60. The van der Waals surface area contributed by atoms with E-state index in [-0.39, 0.29) is 0 Å². The minimum absolute atomic E-state index is 0.487. The Labute approximate surface area is 226 Å². The van der Waals surface area contributed by atoms with E-state index in [0.717, 1.165) is 60.3 Å². The van der Waals surface area contributed by atoms with Gasteiger partial charge in [0.2, 0.25) is 5.89 Å². The molecule has 8 aromatic rings. The fourth-order valence-corrected chi connectivity index (χ4v) is 5.96. The molecule has 0 spiro atoms. The van der Waals surface area contributed by atoms with Crippen molar-refractivity contribution in [3.05, 3.63) is 109 Å². The summed E-state index contributed by atoms with van der Waals surface area (Å²) in [4.78, 5) is 23.1. The van der Waals surface area contributed by atoms with Crippen molar-refractivity contribution in [2.24, 2.45) is 0 Å². The quantitative estimate of drug-likeness (QED) is 0.253. The first kappa shape index (κ1) is 21.9. The topological polar surface area (TPSA) is 80.5 Å². The van der Waals surface area contributed by atoms with Crippen LogP contribution in [0, 0.1) is 5.51 Å². The molecule has 0 unspecified atom stereocenters. The van der Waals surface area contributed by atoms with Gasteiger partial charge in [-0.15, -0.1) is 11.3 Å². The predicted molar refractivity (Wildman–Crippen MR) is 155 cm³/mol. The fourth-order valence-electron chi connectivity index (χ4n) is 5.18. The monoisotopic (exact) mass is 520 g/mol. The summed E-state index contributed by atoms with van der Waals surface area (Å²) in [5, 5.41) is 0. The number of fused-ring (bicyclic) bond motifs is 3. The number of aromatic amines is 1. The maximum absolute atomic E-state index is 6.39. The van der Waals surface area contributed by atoms with Crippen LogP contribution in [-0.2, 0) is 0 Å². The number of nitrogens with one attached hydrogen (secondary N) is 1. The number of para-hydroxylation sites is 4. The van der Waals surface area contributed by atoms with Crippen molar-refractivity contribution in [2.45, 2.75) is 0 Å². The van der Waals surface area contributed by atoms with Crippen molar-refractivity contribution in [1.82, 2.24) is 24.9 Å². The first-order valence-corrected chi connectivity index (χ1v) is 13.3. The molecule has 183 valence electrons. The second kappa shape index (κ2) is 8.72. The summed E-state index contributed by atoms with van der Waals surface area (Å²) in [7, 11) is 0. The summed E-state index contributed by atoms with van der Waals surface area (Å²) >= 11 is 1.47. The van der Waals surface area contributed by atoms with Crippen LogP contribution in [0.2, 0.25) is 0 Å². The third kappa shape index (κ3) is 3.48. The van der Waals surface area contributed by atoms with Crippen LogP contribution in [-0.4, -0.2) is 24.9 Å².